The third-order valence-electron chi connectivity index (χ3n) is 4.98. The van der Waals surface area contributed by atoms with Gasteiger partial charge >= 0.3 is 0 Å². The van der Waals surface area contributed by atoms with Crippen LogP contribution in [0.1, 0.15) is 40.8 Å². The van der Waals surface area contributed by atoms with E-state index in [0.717, 1.165) is 37.6 Å². The molecule has 0 bridgehead atoms. The van der Waals surface area contributed by atoms with Crippen molar-refractivity contribution in [1.82, 2.24) is 34.5 Å². The number of aromatic nitrogens is 7. The van der Waals surface area contributed by atoms with Crippen LogP contribution in [-0.4, -0.2) is 53.5 Å². The number of pyridine rings is 1. The number of nitrogens with two attached hydrogens (primary N) is 1. The molecule has 10 nitrogen and oxygen atoms in total. The van der Waals surface area contributed by atoms with Crippen molar-refractivity contribution >= 4 is 11.7 Å². The first kappa shape index (κ1) is 17.1. The maximum Gasteiger partial charge on any atom is 0.252 e. The van der Waals surface area contributed by atoms with Gasteiger partial charge in [0.25, 0.3) is 5.91 Å². The van der Waals surface area contributed by atoms with Crippen molar-refractivity contribution in [3.05, 3.63) is 48.2 Å². The summed E-state index contributed by atoms with van der Waals surface area (Å²) in [7, 11) is 1.98. The summed E-state index contributed by atoms with van der Waals surface area (Å²) in [5.41, 5.74) is 5.94. The quantitative estimate of drug-likeness (QED) is 0.690. The van der Waals surface area contributed by atoms with Crippen molar-refractivity contribution in [3.8, 4) is 0 Å². The summed E-state index contributed by atoms with van der Waals surface area (Å²) in [6, 6.07) is 3.45. The smallest absolute Gasteiger partial charge is 0.252 e. The van der Waals surface area contributed by atoms with E-state index in [1.54, 1.807) is 29.3 Å². The molecule has 0 atom stereocenters. The Hall–Kier alpha value is -3.30. The first-order chi connectivity index (χ1) is 13.1. The molecule has 3 aromatic heterocycles. The minimum absolute atomic E-state index is 0.309. The molecule has 0 saturated carbocycles. The molecule has 0 radical (unpaired) electrons. The molecule has 1 fully saturated rings. The second-order valence-corrected chi connectivity index (χ2v) is 6.63. The van der Waals surface area contributed by atoms with Crippen LogP contribution in [0.3, 0.4) is 0 Å². The zero-order valence-electron chi connectivity index (χ0n) is 15.1. The van der Waals surface area contributed by atoms with Gasteiger partial charge in [0.05, 0.1) is 5.56 Å². The average molecular weight is 367 g/mol. The maximum absolute atomic E-state index is 11.7. The molecule has 0 aromatic carbocycles. The third-order valence-corrected chi connectivity index (χ3v) is 4.98. The number of primary amides is 1. The van der Waals surface area contributed by atoms with Gasteiger partial charge in [-0.05, 0) is 25.0 Å². The average Bonchev–Trinajstić information content (AvgIpc) is 3.33. The van der Waals surface area contributed by atoms with E-state index in [4.69, 9.17) is 5.73 Å². The van der Waals surface area contributed by atoms with Gasteiger partial charge in [0.15, 0.2) is 5.82 Å². The Kier molecular flexibility index (Phi) is 4.53. The number of rotatable bonds is 5. The van der Waals surface area contributed by atoms with Crippen LogP contribution in [0.5, 0.6) is 0 Å². The number of carbonyl (C=O) groups is 1. The highest BCUT2D eigenvalue weighted by molar-refractivity contribution is 5.97. The van der Waals surface area contributed by atoms with Crippen LogP contribution < -0.4 is 10.6 Å². The van der Waals surface area contributed by atoms with Gasteiger partial charge < -0.3 is 15.2 Å². The predicted octanol–water partition coefficient (Wildman–Crippen LogP) is 0.333. The molecule has 140 valence electrons. The predicted molar refractivity (Wildman–Crippen MR) is 97.1 cm³/mol. The Morgan fingerprint density at radius 3 is 2.81 bits per heavy atom. The second kappa shape index (κ2) is 7.14. The first-order valence-electron chi connectivity index (χ1n) is 8.84. The van der Waals surface area contributed by atoms with Gasteiger partial charge in [-0.25, -0.2) is 14.6 Å². The summed E-state index contributed by atoms with van der Waals surface area (Å²) >= 11 is 0. The molecule has 4 rings (SSSR count). The van der Waals surface area contributed by atoms with E-state index in [-0.39, 0.29) is 0 Å². The second-order valence-electron chi connectivity index (χ2n) is 6.63. The zero-order valence-corrected chi connectivity index (χ0v) is 15.1. The highest BCUT2D eigenvalue weighted by Crippen LogP contribution is 2.30. The summed E-state index contributed by atoms with van der Waals surface area (Å²) in [5.74, 6) is 2.34. The summed E-state index contributed by atoms with van der Waals surface area (Å²) in [6.07, 6.45) is 6.67. The van der Waals surface area contributed by atoms with Crippen molar-refractivity contribution in [3.63, 3.8) is 0 Å². The fraction of sp³-hybridized carbons (Fsp3) is 0.412. The lowest BCUT2D eigenvalue weighted by atomic mass is 9.95. The molecule has 1 amide bonds. The van der Waals surface area contributed by atoms with E-state index < -0.39 is 5.91 Å². The fourth-order valence-corrected chi connectivity index (χ4v) is 3.52. The Balaban J connectivity index is 1.46. The Bertz CT molecular complexity index is 926. The van der Waals surface area contributed by atoms with Gasteiger partial charge in [-0.3, -0.25) is 4.79 Å². The Labute approximate surface area is 156 Å². The molecule has 4 heterocycles. The van der Waals surface area contributed by atoms with E-state index in [0.29, 0.717) is 23.8 Å². The maximum atomic E-state index is 11.7. The fourth-order valence-electron chi connectivity index (χ4n) is 3.52. The van der Waals surface area contributed by atoms with Crippen LogP contribution in [-0.2, 0) is 13.6 Å². The summed E-state index contributed by atoms with van der Waals surface area (Å²) in [5, 5.41) is 12.8. The van der Waals surface area contributed by atoms with Gasteiger partial charge in [0, 0.05) is 32.3 Å². The van der Waals surface area contributed by atoms with Crippen molar-refractivity contribution < 1.29 is 4.79 Å². The van der Waals surface area contributed by atoms with Crippen molar-refractivity contribution in [2.45, 2.75) is 25.3 Å². The molecule has 2 N–H and O–H groups in total. The number of piperidine rings is 1. The molecular weight excluding hydrogens is 346 g/mol. The van der Waals surface area contributed by atoms with E-state index in [1.165, 1.54) is 6.33 Å². The first-order valence-corrected chi connectivity index (χ1v) is 8.84. The van der Waals surface area contributed by atoms with Crippen LogP contribution in [0, 0.1) is 0 Å². The molecular formula is C17H21N9O. The van der Waals surface area contributed by atoms with Crippen molar-refractivity contribution in [2.75, 3.05) is 18.0 Å². The molecule has 0 spiro atoms. The molecule has 0 unspecified atom stereocenters. The lowest BCUT2D eigenvalue weighted by Gasteiger charge is -2.33. The topological polar surface area (TPSA) is 121 Å². The SMILES string of the molecule is Cn1c(Cn2cncn2)nnc1C1CCN(c2ncccc2C(N)=O)CC1. The monoisotopic (exact) mass is 367 g/mol. The van der Waals surface area contributed by atoms with Crippen molar-refractivity contribution in [2.24, 2.45) is 12.8 Å². The number of hydrogen-bond acceptors (Lipinski definition) is 7. The molecule has 10 heteroatoms. The molecule has 1 aliphatic heterocycles. The van der Waals surface area contributed by atoms with Crippen LogP contribution in [0.4, 0.5) is 5.82 Å². The van der Waals surface area contributed by atoms with E-state index in [2.05, 4.69) is 30.2 Å². The number of anilines is 1. The molecule has 3 aromatic rings. The van der Waals surface area contributed by atoms with Crippen LogP contribution in [0.2, 0.25) is 0 Å². The van der Waals surface area contributed by atoms with Gasteiger partial charge in [0.1, 0.15) is 30.8 Å². The van der Waals surface area contributed by atoms with Gasteiger partial charge in [-0.1, -0.05) is 0 Å². The van der Waals surface area contributed by atoms with Crippen molar-refractivity contribution in [1.29, 1.82) is 0 Å². The van der Waals surface area contributed by atoms with Crippen LogP contribution in [0.15, 0.2) is 31.0 Å². The lowest BCUT2D eigenvalue weighted by Crippen LogP contribution is -2.35. The summed E-state index contributed by atoms with van der Waals surface area (Å²) in [4.78, 5) is 22.1. The third kappa shape index (κ3) is 3.37. The minimum Gasteiger partial charge on any atom is -0.365 e. The number of amides is 1. The highest BCUT2D eigenvalue weighted by Gasteiger charge is 2.27. The summed E-state index contributed by atoms with van der Waals surface area (Å²) < 4.78 is 3.76. The number of hydrogen-bond donors (Lipinski definition) is 1. The van der Waals surface area contributed by atoms with Gasteiger partial charge in [-0.2, -0.15) is 5.10 Å². The summed E-state index contributed by atoms with van der Waals surface area (Å²) in [6.45, 7) is 2.11. The zero-order chi connectivity index (χ0) is 18.8. The number of carbonyl (C=O) groups excluding carboxylic acids is 1. The molecule has 0 aliphatic carbocycles. The normalized spacial score (nSPS) is 15.2. The number of nitrogens with zero attached hydrogens (tertiary/aromatic N) is 8. The van der Waals surface area contributed by atoms with Crippen LogP contribution in [0.25, 0.3) is 0 Å². The minimum atomic E-state index is -0.453. The molecule has 27 heavy (non-hydrogen) atoms. The van der Waals surface area contributed by atoms with E-state index in [1.807, 2.05) is 11.6 Å². The highest BCUT2D eigenvalue weighted by atomic mass is 16.1. The Morgan fingerprint density at radius 1 is 1.30 bits per heavy atom. The largest absolute Gasteiger partial charge is 0.365 e. The lowest BCUT2D eigenvalue weighted by molar-refractivity contribution is 0.100. The van der Waals surface area contributed by atoms with Gasteiger partial charge in [0.2, 0.25) is 0 Å². The van der Waals surface area contributed by atoms with E-state index >= 15 is 0 Å². The van der Waals surface area contributed by atoms with E-state index in [9.17, 15) is 4.79 Å². The van der Waals surface area contributed by atoms with Gasteiger partial charge in [-0.15, -0.1) is 10.2 Å². The molecule has 1 saturated heterocycles. The standard InChI is InChI=1S/C17H21N9O/c1-24-14(9-26-11-19-10-21-26)22-23-16(24)12-4-7-25(8-5-12)17-13(15(18)27)3-2-6-20-17/h2-3,6,10-12H,4-5,7-9H2,1H3,(H2,18,27). The van der Waals surface area contributed by atoms with Crippen LogP contribution >= 0.6 is 0 Å². The Morgan fingerprint density at radius 2 is 2.11 bits per heavy atom. The molecule has 1 aliphatic rings.